The van der Waals surface area contributed by atoms with Crippen LogP contribution in [0.3, 0.4) is 0 Å². The van der Waals surface area contributed by atoms with E-state index in [9.17, 15) is 27.4 Å². The van der Waals surface area contributed by atoms with E-state index < -0.39 is 53.4 Å². The van der Waals surface area contributed by atoms with E-state index in [-0.39, 0.29) is 98.7 Å². The summed E-state index contributed by atoms with van der Waals surface area (Å²) in [6.45, 7) is 9.41. The van der Waals surface area contributed by atoms with Gasteiger partial charge in [0.25, 0.3) is 9.84 Å². The van der Waals surface area contributed by atoms with Gasteiger partial charge in [0, 0.05) is 40.9 Å². The molecule has 9 aromatic rings. The molecular weight excluding hydrogens is 1360 g/mol. The first-order valence-corrected chi connectivity index (χ1v) is 34.8. The van der Waals surface area contributed by atoms with Gasteiger partial charge in [0.15, 0.2) is 50.8 Å². The average molecular weight is 1420 g/mol. The number of hydrogen-bond donors (Lipinski definition) is 0. The van der Waals surface area contributed by atoms with Gasteiger partial charge in [-0.3, -0.25) is 0 Å². The smallest absolute Gasteiger partial charge is 0.367 e. The molecule has 26 heteroatoms. The summed E-state index contributed by atoms with van der Waals surface area (Å²) in [5, 5.41) is 21.7. The molecule has 2 unspecified atom stereocenters. The molecule has 0 aliphatic heterocycles. The van der Waals surface area contributed by atoms with Crippen molar-refractivity contribution in [1.29, 1.82) is 10.5 Å². The third kappa shape index (κ3) is 15.0. The summed E-state index contributed by atoms with van der Waals surface area (Å²) < 4.78 is 100.0. The molecule has 0 N–H and O–H groups in total. The van der Waals surface area contributed by atoms with Gasteiger partial charge in [-0.15, -0.1) is 34.8 Å². The van der Waals surface area contributed by atoms with Crippen LogP contribution >= 0.6 is 69.6 Å². The number of sulfone groups is 2. The maximum atomic E-state index is 14.2. The average Bonchev–Trinajstić information content (AvgIpc) is 1.30. The fourth-order valence-corrected chi connectivity index (χ4v) is 13.6. The number of benzene rings is 6. The lowest BCUT2D eigenvalue weighted by Crippen LogP contribution is -2.47. The van der Waals surface area contributed by atoms with Crippen molar-refractivity contribution in [2.45, 2.75) is 80.6 Å². The highest BCUT2D eigenvalue weighted by atomic mass is 35.5. The van der Waals surface area contributed by atoms with Crippen molar-refractivity contribution in [1.82, 2.24) is 15.0 Å². The number of nitrogens with zero attached hydrogens (tertiary/aromatic N) is 6. The molecule has 0 bridgehead atoms. The van der Waals surface area contributed by atoms with Crippen LogP contribution in [0.25, 0.3) is 16.1 Å². The minimum atomic E-state index is -4.41. The molecule has 482 valence electrons. The Hall–Kier alpha value is -7.94. The Kier molecular flexibility index (Phi) is 22.1. The van der Waals surface area contributed by atoms with Crippen LogP contribution in [-0.2, 0) is 49.1 Å². The Morgan fingerprint density at radius 3 is 1.57 bits per heavy atom. The van der Waals surface area contributed by atoms with Crippen LogP contribution in [0.1, 0.15) is 102 Å². The normalized spacial score (nSPS) is 13.0. The van der Waals surface area contributed by atoms with E-state index >= 15 is 0 Å². The zero-order chi connectivity index (χ0) is 66.9. The lowest BCUT2D eigenvalue weighted by Gasteiger charge is -2.49. The first-order valence-electron chi connectivity index (χ1n) is 28.5. The molecule has 93 heavy (non-hydrogen) atoms. The van der Waals surface area contributed by atoms with Gasteiger partial charge in [0.1, 0.15) is 79.1 Å². The number of alkyl halides is 3. The number of hydrogen-bond acceptors (Lipinski definition) is 17. The molecule has 0 fully saturated rings. The van der Waals surface area contributed by atoms with Crippen molar-refractivity contribution in [2.24, 2.45) is 0 Å². The fraction of sp³-hybridized carbons (Fsp3) is 0.284. The molecule has 9 rings (SSSR count). The van der Waals surface area contributed by atoms with E-state index in [2.05, 4.69) is 38.0 Å². The predicted molar refractivity (Wildman–Crippen MR) is 355 cm³/mol. The van der Waals surface area contributed by atoms with Gasteiger partial charge in [-0.1, -0.05) is 116 Å². The van der Waals surface area contributed by atoms with Crippen LogP contribution in [0, 0.1) is 35.7 Å². The summed E-state index contributed by atoms with van der Waals surface area (Å²) in [5.74, 6) is 1.35. The number of halogens is 6. The van der Waals surface area contributed by atoms with E-state index in [1.807, 2.05) is 64.1 Å². The molecule has 0 spiro atoms. The third-order valence-corrected chi connectivity index (χ3v) is 19.7. The highest BCUT2D eigenvalue weighted by Crippen LogP contribution is 2.55. The van der Waals surface area contributed by atoms with Crippen LogP contribution in [0.2, 0.25) is 15.1 Å². The minimum absolute atomic E-state index is 0.0401. The van der Waals surface area contributed by atoms with E-state index in [1.165, 1.54) is 0 Å². The van der Waals surface area contributed by atoms with Crippen LogP contribution in [-0.4, -0.2) is 81.4 Å². The number of ether oxygens (including phenoxy) is 5. The number of aryl methyl sites for hydroxylation is 1. The van der Waals surface area contributed by atoms with Crippen molar-refractivity contribution < 1.29 is 53.8 Å². The van der Waals surface area contributed by atoms with E-state index in [0.29, 0.717) is 62.7 Å². The summed E-state index contributed by atoms with van der Waals surface area (Å²) in [4.78, 5) is 16.7. The van der Waals surface area contributed by atoms with Crippen LogP contribution in [0.4, 0.5) is 0 Å². The summed E-state index contributed by atoms with van der Waals surface area (Å²) >= 11 is 38.8. The minimum Gasteiger partial charge on any atom is -0.491 e. The zero-order valence-corrected chi connectivity index (χ0v) is 57.0. The van der Waals surface area contributed by atoms with Crippen molar-refractivity contribution in [3.8, 4) is 58.2 Å². The van der Waals surface area contributed by atoms with E-state index in [1.54, 1.807) is 86.0 Å². The molecule has 2 atom stereocenters. The number of oxazole rings is 3. The highest BCUT2D eigenvalue weighted by molar-refractivity contribution is 7.91. The molecular formula is C67H59Cl6N6O12S2+. The summed E-state index contributed by atoms with van der Waals surface area (Å²) in [7, 11) is -8.20. The Morgan fingerprint density at radius 1 is 0.548 bits per heavy atom. The molecule has 0 saturated heterocycles. The largest absolute Gasteiger partial charge is 0.491 e. The maximum absolute atomic E-state index is 14.2. The van der Waals surface area contributed by atoms with Crippen LogP contribution < -0.4 is 23.7 Å². The topological polar surface area (TPSA) is 244 Å². The highest BCUT2D eigenvalue weighted by Gasteiger charge is 2.51. The van der Waals surface area contributed by atoms with Crippen molar-refractivity contribution in [3.63, 3.8) is 0 Å². The maximum Gasteiger partial charge on any atom is 0.367 e. The number of rotatable bonds is 27. The first kappa shape index (κ1) is 69.4. The fourth-order valence-electron chi connectivity index (χ4n) is 10.7. The molecule has 18 nitrogen and oxygen atoms in total. The third-order valence-electron chi connectivity index (χ3n) is 15.9. The predicted octanol–water partition coefficient (Wildman–Crippen LogP) is 15.9. The van der Waals surface area contributed by atoms with Gasteiger partial charge in [-0.2, -0.15) is 10.5 Å². The molecule has 3 heterocycles. The summed E-state index contributed by atoms with van der Waals surface area (Å²) in [6.07, 6.45) is 5.03. The Balaban J connectivity index is 1.07. The van der Waals surface area contributed by atoms with Crippen LogP contribution in [0.5, 0.6) is 28.7 Å². The van der Waals surface area contributed by atoms with Crippen molar-refractivity contribution >= 4 is 89.3 Å². The molecule has 0 aliphatic rings. The summed E-state index contributed by atoms with van der Waals surface area (Å²) in [5.41, 5.74) is 2.64. The van der Waals surface area contributed by atoms with E-state index in [4.69, 9.17) is 107 Å². The molecule has 3 aromatic heterocycles. The van der Waals surface area contributed by atoms with Gasteiger partial charge in [-0.05, 0) is 100 Å². The van der Waals surface area contributed by atoms with Crippen molar-refractivity contribution in [3.05, 3.63) is 216 Å². The monoisotopic (exact) mass is 1410 g/mol. The van der Waals surface area contributed by atoms with Gasteiger partial charge < -0.3 is 36.9 Å². The van der Waals surface area contributed by atoms with Gasteiger partial charge in [0.2, 0.25) is 5.03 Å². The second-order valence-corrected chi connectivity index (χ2v) is 28.1. The summed E-state index contributed by atoms with van der Waals surface area (Å²) in [6, 6.07) is 39.4. The molecule has 0 saturated carbocycles. The van der Waals surface area contributed by atoms with Crippen molar-refractivity contribution in [2.75, 3.05) is 49.6 Å². The quantitative estimate of drug-likeness (QED) is 0.0343. The molecule has 6 aromatic carbocycles. The zero-order valence-electron chi connectivity index (χ0n) is 50.9. The Labute approximate surface area is 568 Å². The second-order valence-electron chi connectivity index (χ2n) is 22.0. The first-order chi connectivity index (χ1) is 44.4. The van der Waals surface area contributed by atoms with Gasteiger partial charge >= 0.3 is 11.9 Å². The van der Waals surface area contributed by atoms with Crippen LogP contribution in [0.15, 0.2) is 152 Å². The SMILES string of the molecule is Cc1nc(-c2ccc(C(C)(c3cc(Cl)c(OCCCCl)c(Cl)c3)C(C)(c3ccc(OCCCl)c(C#N)c3)c3ccc(OCc4ocnc4S(=O)(=O)C[N+]#Cc4cc(C(C)(C)c5ccc(OCCCl)c(Cl)c5)ccc4OCc4ocnc4S(C)(=O)=O)c(C#N)c3)cc2)co1. The molecule has 0 amide bonds. The molecule has 0 radical (unpaired) electrons. The van der Waals surface area contributed by atoms with Gasteiger partial charge in [-0.25, -0.2) is 31.8 Å². The Bertz CT molecular complexity index is 4590. The lowest BCUT2D eigenvalue weighted by atomic mass is 9.53. The number of nitriles is 2. The Morgan fingerprint density at radius 2 is 1.03 bits per heavy atom. The lowest BCUT2D eigenvalue weighted by molar-refractivity contribution is 0.264. The van der Waals surface area contributed by atoms with E-state index in [0.717, 1.165) is 35.7 Å². The standard InChI is InChI=1S/C67H59Cl6N6O12S2/c1-41-79-55(35-87-41)42-8-10-46(11-9-42)66(4,51-30-53(72)62(54(73)31-51)86-23-7-20-68)67(5,49-14-17-56(84-24-21-69)43(26-49)32-74)50-15-18-57(44(27-50)33-75)88-37-61-64(78-39-91-61)93(82,83)40-76-34-45-28-47(65(2,3)48-13-19-59(52(71)29-48)85-25-22-70)12-16-58(45)89-36-60-63(77-38-90-60)92(6,80)81/h8-19,26-31,35,38-39H,7,20-25,36-37,40H2,1-6H3/q+1. The molecule has 0 aliphatic carbocycles. The second kappa shape index (κ2) is 29.6. The van der Waals surface area contributed by atoms with Gasteiger partial charge in [0.05, 0.1) is 44.6 Å². The number of aromatic nitrogens is 3.